The van der Waals surface area contributed by atoms with Crippen molar-refractivity contribution in [2.75, 3.05) is 24.3 Å². The Morgan fingerprint density at radius 3 is 2.76 bits per heavy atom. The van der Waals surface area contributed by atoms with Crippen molar-refractivity contribution >= 4 is 23.5 Å². The van der Waals surface area contributed by atoms with E-state index in [-0.39, 0.29) is 0 Å². The smallest absolute Gasteiger partial charge is 0.0448 e. The number of hydrogen-bond donors (Lipinski definition) is 1. The van der Waals surface area contributed by atoms with Crippen LogP contribution in [0.2, 0.25) is 0 Å². The standard InChI is InChI=1S/C14H21NS2/c1-10-4-5-11(2)12(8-10)14(15-3)13-9-16-6-7-17-13/h4-5,8,13-15H,6-7,9H2,1-3H3. The zero-order valence-electron chi connectivity index (χ0n) is 10.8. The topological polar surface area (TPSA) is 12.0 Å². The van der Waals surface area contributed by atoms with Crippen LogP contribution >= 0.6 is 23.5 Å². The van der Waals surface area contributed by atoms with Gasteiger partial charge in [-0.1, -0.05) is 23.8 Å². The second kappa shape index (κ2) is 6.17. The average molecular weight is 267 g/mol. The Morgan fingerprint density at radius 1 is 1.29 bits per heavy atom. The van der Waals surface area contributed by atoms with E-state index < -0.39 is 0 Å². The molecule has 0 amide bonds. The molecule has 0 spiro atoms. The van der Waals surface area contributed by atoms with Gasteiger partial charge in [-0.3, -0.25) is 0 Å². The van der Waals surface area contributed by atoms with Crippen LogP contribution in [0.25, 0.3) is 0 Å². The molecule has 0 radical (unpaired) electrons. The maximum atomic E-state index is 3.52. The normalized spacial score (nSPS) is 22.4. The third kappa shape index (κ3) is 3.21. The van der Waals surface area contributed by atoms with Crippen molar-refractivity contribution < 1.29 is 0 Å². The highest BCUT2D eigenvalue weighted by atomic mass is 32.2. The number of hydrogen-bond acceptors (Lipinski definition) is 3. The fourth-order valence-corrected chi connectivity index (χ4v) is 5.23. The summed E-state index contributed by atoms with van der Waals surface area (Å²) in [6.45, 7) is 4.40. The van der Waals surface area contributed by atoms with Crippen molar-refractivity contribution in [1.82, 2.24) is 5.32 Å². The average Bonchev–Trinajstić information content (AvgIpc) is 2.36. The van der Waals surface area contributed by atoms with E-state index in [0.717, 1.165) is 0 Å². The van der Waals surface area contributed by atoms with Crippen molar-refractivity contribution in [1.29, 1.82) is 0 Å². The van der Waals surface area contributed by atoms with E-state index in [1.54, 1.807) is 0 Å². The fraction of sp³-hybridized carbons (Fsp3) is 0.571. The molecule has 1 saturated heterocycles. The van der Waals surface area contributed by atoms with Crippen molar-refractivity contribution in [2.24, 2.45) is 0 Å². The summed E-state index contributed by atoms with van der Waals surface area (Å²) in [7, 11) is 2.09. The van der Waals surface area contributed by atoms with E-state index in [4.69, 9.17) is 0 Å². The van der Waals surface area contributed by atoms with Gasteiger partial charge in [0.25, 0.3) is 0 Å². The molecule has 1 nitrogen and oxygen atoms in total. The highest BCUT2D eigenvalue weighted by Gasteiger charge is 2.25. The third-order valence-electron chi connectivity index (χ3n) is 3.29. The van der Waals surface area contributed by atoms with Gasteiger partial charge in [-0.2, -0.15) is 23.5 Å². The summed E-state index contributed by atoms with van der Waals surface area (Å²) in [6.07, 6.45) is 0. The fourth-order valence-electron chi connectivity index (χ4n) is 2.34. The summed E-state index contributed by atoms with van der Waals surface area (Å²) in [5.41, 5.74) is 4.25. The first-order valence-corrected chi connectivity index (χ1v) is 8.36. The third-order valence-corrected chi connectivity index (χ3v) is 6.16. The molecular formula is C14H21NS2. The van der Waals surface area contributed by atoms with Gasteiger partial charge in [0.2, 0.25) is 0 Å². The van der Waals surface area contributed by atoms with Crippen LogP contribution in [0.15, 0.2) is 18.2 Å². The van der Waals surface area contributed by atoms with Gasteiger partial charge in [0, 0.05) is 28.6 Å². The minimum Gasteiger partial charge on any atom is -0.312 e. The second-order valence-electron chi connectivity index (χ2n) is 4.61. The Morgan fingerprint density at radius 2 is 2.12 bits per heavy atom. The van der Waals surface area contributed by atoms with Gasteiger partial charge in [-0.25, -0.2) is 0 Å². The monoisotopic (exact) mass is 267 g/mol. The lowest BCUT2D eigenvalue weighted by atomic mass is 9.97. The molecule has 17 heavy (non-hydrogen) atoms. The van der Waals surface area contributed by atoms with E-state index in [9.17, 15) is 0 Å². The Balaban J connectivity index is 2.24. The predicted octanol–water partition coefficient (Wildman–Crippen LogP) is 3.41. The van der Waals surface area contributed by atoms with Crippen LogP contribution in [0.3, 0.4) is 0 Å². The van der Waals surface area contributed by atoms with Crippen molar-refractivity contribution in [3.05, 3.63) is 34.9 Å². The van der Waals surface area contributed by atoms with Crippen LogP contribution in [0.5, 0.6) is 0 Å². The van der Waals surface area contributed by atoms with Crippen molar-refractivity contribution in [3.8, 4) is 0 Å². The second-order valence-corrected chi connectivity index (χ2v) is 7.11. The van der Waals surface area contributed by atoms with Crippen LogP contribution in [0, 0.1) is 13.8 Å². The maximum Gasteiger partial charge on any atom is 0.0448 e. The molecule has 94 valence electrons. The molecule has 1 aromatic carbocycles. The summed E-state index contributed by atoms with van der Waals surface area (Å²) in [5.74, 6) is 3.87. The molecule has 0 saturated carbocycles. The molecule has 3 heteroatoms. The summed E-state index contributed by atoms with van der Waals surface area (Å²) in [5, 5.41) is 4.23. The van der Waals surface area contributed by atoms with Gasteiger partial charge >= 0.3 is 0 Å². The zero-order valence-corrected chi connectivity index (χ0v) is 12.5. The first kappa shape index (κ1) is 13.3. The van der Waals surface area contributed by atoms with E-state index in [2.05, 4.69) is 67.9 Å². The molecule has 1 heterocycles. The Labute approximate surface area is 113 Å². The predicted molar refractivity (Wildman–Crippen MR) is 81.3 cm³/mol. The first-order valence-electron chi connectivity index (χ1n) is 6.16. The maximum absolute atomic E-state index is 3.52. The van der Waals surface area contributed by atoms with Crippen LogP contribution in [-0.4, -0.2) is 29.6 Å². The molecule has 0 bridgehead atoms. The highest BCUT2D eigenvalue weighted by Crippen LogP contribution is 2.34. The van der Waals surface area contributed by atoms with Crippen LogP contribution in [0.4, 0.5) is 0 Å². The molecule has 2 rings (SSSR count). The Hall–Kier alpha value is -0.120. The quantitative estimate of drug-likeness (QED) is 0.901. The molecular weight excluding hydrogens is 246 g/mol. The molecule has 0 aliphatic carbocycles. The Kier molecular flexibility index (Phi) is 4.83. The van der Waals surface area contributed by atoms with E-state index in [0.29, 0.717) is 11.3 Å². The number of thioether (sulfide) groups is 2. The molecule has 1 aliphatic heterocycles. The van der Waals surface area contributed by atoms with Gasteiger partial charge in [0.05, 0.1) is 0 Å². The SMILES string of the molecule is CNC(c1cc(C)ccc1C)C1CSCCS1. The van der Waals surface area contributed by atoms with Gasteiger partial charge in [-0.15, -0.1) is 0 Å². The van der Waals surface area contributed by atoms with Crippen LogP contribution in [-0.2, 0) is 0 Å². The molecule has 1 aromatic rings. The van der Waals surface area contributed by atoms with Crippen LogP contribution < -0.4 is 5.32 Å². The van der Waals surface area contributed by atoms with Crippen LogP contribution in [0.1, 0.15) is 22.7 Å². The zero-order chi connectivity index (χ0) is 12.3. The summed E-state index contributed by atoms with van der Waals surface area (Å²) >= 11 is 4.21. The van der Waals surface area contributed by atoms with Gasteiger partial charge in [-0.05, 0) is 32.0 Å². The summed E-state index contributed by atoms with van der Waals surface area (Å²) < 4.78 is 0. The van der Waals surface area contributed by atoms with E-state index in [1.165, 1.54) is 33.9 Å². The minimum atomic E-state index is 0.493. The number of aryl methyl sites for hydroxylation is 2. The lowest BCUT2D eigenvalue weighted by Crippen LogP contribution is -2.32. The largest absolute Gasteiger partial charge is 0.312 e. The molecule has 1 fully saturated rings. The minimum absolute atomic E-state index is 0.493. The van der Waals surface area contributed by atoms with Crippen molar-refractivity contribution in [3.63, 3.8) is 0 Å². The highest BCUT2D eigenvalue weighted by molar-refractivity contribution is 8.06. The molecule has 0 aromatic heterocycles. The van der Waals surface area contributed by atoms with Gasteiger partial charge in [0.1, 0.15) is 0 Å². The first-order chi connectivity index (χ1) is 8.22. The number of nitrogens with one attached hydrogen (secondary N) is 1. The summed E-state index contributed by atoms with van der Waals surface area (Å²) in [4.78, 5) is 0. The van der Waals surface area contributed by atoms with E-state index >= 15 is 0 Å². The Bertz CT molecular complexity index is 372. The lowest BCUT2D eigenvalue weighted by molar-refractivity contribution is 0.589. The molecule has 1 N–H and O–H groups in total. The number of benzene rings is 1. The van der Waals surface area contributed by atoms with E-state index in [1.807, 2.05) is 0 Å². The summed E-state index contributed by atoms with van der Waals surface area (Å²) in [6, 6.07) is 7.29. The lowest BCUT2D eigenvalue weighted by Gasteiger charge is -2.30. The molecule has 2 atom stereocenters. The van der Waals surface area contributed by atoms with Gasteiger partial charge in [0.15, 0.2) is 0 Å². The number of rotatable bonds is 3. The molecule has 2 unspecified atom stereocenters. The van der Waals surface area contributed by atoms with Gasteiger partial charge < -0.3 is 5.32 Å². The van der Waals surface area contributed by atoms with Crippen molar-refractivity contribution in [2.45, 2.75) is 25.1 Å². The molecule has 1 aliphatic rings.